The predicted molar refractivity (Wildman–Crippen MR) is 109 cm³/mol. The number of rotatable bonds is 7. The van der Waals surface area contributed by atoms with Gasteiger partial charge in [0.25, 0.3) is 0 Å². The van der Waals surface area contributed by atoms with Gasteiger partial charge < -0.3 is 39.4 Å². The number of aliphatic hydroxyl groups is 4. The second-order valence-corrected chi connectivity index (χ2v) is 7.71. The molecule has 1 heterocycles. The number of carbonyl (C=O) groups excluding carboxylic acids is 3. The quantitative estimate of drug-likeness (QED) is 0.224. The Morgan fingerprint density at radius 3 is 2.61 bits per heavy atom. The second kappa shape index (κ2) is 10.4. The largest absolute Gasteiger partial charge is 0.460 e. The van der Waals surface area contributed by atoms with E-state index in [0.29, 0.717) is 12.0 Å². The van der Waals surface area contributed by atoms with Crippen molar-refractivity contribution in [1.29, 1.82) is 0 Å². The third kappa shape index (κ3) is 5.40. The van der Waals surface area contributed by atoms with Gasteiger partial charge in [-0.05, 0) is 18.6 Å². The number of esters is 2. The molecule has 4 N–H and O–H groups in total. The number of benzene rings is 1. The fourth-order valence-corrected chi connectivity index (χ4v) is 3.52. The maximum Gasteiger partial charge on any atom is 0.350 e. The van der Waals surface area contributed by atoms with Gasteiger partial charge in [-0.3, -0.25) is 9.59 Å². The Balaban J connectivity index is 1.76. The smallest absolute Gasteiger partial charge is 0.350 e. The molecule has 33 heavy (non-hydrogen) atoms. The summed E-state index contributed by atoms with van der Waals surface area (Å²) in [4.78, 5) is 35.8. The Labute approximate surface area is 189 Å². The zero-order valence-electron chi connectivity index (χ0n) is 17.8. The Kier molecular flexibility index (Phi) is 7.82. The van der Waals surface area contributed by atoms with E-state index in [0.717, 1.165) is 13.0 Å². The number of hydrogen-bond donors (Lipinski definition) is 4. The summed E-state index contributed by atoms with van der Waals surface area (Å²) < 4.78 is 21.4. The van der Waals surface area contributed by atoms with Gasteiger partial charge in [0.2, 0.25) is 11.9 Å². The molecule has 3 rings (SSSR count). The molecule has 0 unspecified atom stereocenters. The van der Waals surface area contributed by atoms with E-state index in [1.807, 2.05) is 0 Å². The van der Waals surface area contributed by atoms with E-state index in [-0.39, 0.29) is 18.8 Å². The SMILES string of the molecule is CC(=O)O[C@H]1[C@H](Oc2ccccc2COC(=O)[C@]2(O)C=CCCC2=O)O[C@H](CO)[C@@H](O)[C@@H]1O. The summed E-state index contributed by atoms with van der Waals surface area (Å²) in [5.74, 6) is -2.44. The van der Waals surface area contributed by atoms with Gasteiger partial charge in [0, 0.05) is 18.9 Å². The van der Waals surface area contributed by atoms with Crippen LogP contribution in [-0.2, 0) is 35.2 Å². The average molecular weight is 466 g/mol. The second-order valence-electron chi connectivity index (χ2n) is 7.71. The van der Waals surface area contributed by atoms with Crippen molar-refractivity contribution in [3.8, 4) is 5.75 Å². The van der Waals surface area contributed by atoms with E-state index < -0.39 is 60.6 Å². The highest BCUT2D eigenvalue weighted by atomic mass is 16.7. The summed E-state index contributed by atoms with van der Waals surface area (Å²) in [5.41, 5.74) is -2.04. The van der Waals surface area contributed by atoms with Crippen LogP contribution in [0.25, 0.3) is 0 Å². The molecule has 1 fully saturated rings. The van der Waals surface area contributed by atoms with Crippen molar-refractivity contribution >= 4 is 17.7 Å². The number of ether oxygens (including phenoxy) is 4. The molecule has 11 heteroatoms. The van der Waals surface area contributed by atoms with Gasteiger partial charge in [-0.25, -0.2) is 4.79 Å². The molecule has 2 aliphatic rings. The molecule has 1 aliphatic carbocycles. The molecule has 0 amide bonds. The summed E-state index contributed by atoms with van der Waals surface area (Å²) in [7, 11) is 0. The van der Waals surface area contributed by atoms with Crippen LogP contribution in [-0.4, -0.2) is 81.1 Å². The lowest BCUT2D eigenvalue weighted by atomic mass is 9.90. The van der Waals surface area contributed by atoms with Crippen LogP contribution in [0.15, 0.2) is 36.4 Å². The molecule has 0 aromatic heterocycles. The van der Waals surface area contributed by atoms with Gasteiger partial charge in [-0.2, -0.15) is 0 Å². The van der Waals surface area contributed by atoms with Crippen LogP contribution < -0.4 is 4.74 Å². The zero-order valence-corrected chi connectivity index (χ0v) is 17.8. The molecule has 11 nitrogen and oxygen atoms in total. The van der Waals surface area contributed by atoms with E-state index in [1.54, 1.807) is 18.2 Å². The van der Waals surface area contributed by atoms with Gasteiger partial charge in [0.05, 0.1) is 6.61 Å². The number of para-hydroxylation sites is 1. The van der Waals surface area contributed by atoms with E-state index in [2.05, 4.69) is 0 Å². The molecule has 0 saturated carbocycles. The summed E-state index contributed by atoms with van der Waals surface area (Å²) >= 11 is 0. The van der Waals surface area contributed by atoms with Crippen LogP contribution >= 0.6 is 0 Å². The molecule has 1 aromatic rings. The lowest BCUT2D eigenvalue weighted by molar-refractivity contribution is -0.282. The molecular weight excluding hydrogens is 440 g/mol. The van der Waals surface area contributed by atoms with Crippen LogP contribution in [0.1, 0.15) is 25.3 Å². The van der Waals surface area contributed by atoms with Crippen molar-refractivity contribution in [3.63, 3.8) is 0 Å². The minimum atomic E-state index is -2.35. The van der Waals surface area contributed by atoms with Crippen molar-refractivity contribution in [2.45, 2.75) is 62.7 Å². The molecule has 1 saturated heterocycles. The molecule has 0 radical (unpaired) electrons. The first-order valence-corrected chi connectivity index (χ1v) is 10.3. The van der Waals surface area contributed by atoms with Gasteiger partial charge in [0.15, 0.2) is 11.9 Å². The Hall–Kier alpha value is -2.83. The van der Waals surface area contributed by atoms with Crippen LogP contribution in [0.5, 0.6) is 5.75 Å². The maximum atomic E-state index is 12.4. The van der Waals surface area contributed by atoms with Gasteiger partial charge in [-0.15, -0.1) is 0 Å². The third-order valence-corrected chi connectivity index (χ3v) is 5.33. The molecule has 180 valence electrons. The fourth-order valence-electron chi connectivity index (χ4n) is 3.52. The molecule has 1 aromatic carbocycles. The van der Waals surface area contributed by atoms with E-state index >= 15 is 0 Å². The van der Waals surface area contributed by atoms with Crippen LogP contribution in [0, 0.1) is 0 Å². The van der Waals surface area contributed by atoms with E-state index in [4.69, 9.17) is 18.9 Å². The Bertz CT molecular complexity index is 913. The third-order valence-electron chi connectivity index (χ3n) is 5.33. The van der Waals surface area contributed by atoms with Crippen molar-refractivity contribution in [1.82, 2.24) is 0 Å². The van der Waals surface area contributed by atoms with Gasteiger partial charge >= 0.3 is 11.9 Å². The molecular formula is C22H26O11. The number of hydrogen-bond acceptors (Lipinski definition) is 11. The number of aliphatic hydroxyl groups excluding tert-OH is 3. The average Bonchev–Trinajstić information content (AvgIpc) is 2.79. The summed E-state index contributed by atoms with van der Waals surface area (Å²) in [5, 5.41) is 40.2. The monoisotopic (exact) mass is 466 g/mol. The van der Waals surface area contributed by atoms with Crippen molar-refractivity contribution in [2.75, 3.05) is 6.61 Å². The molecule has 1 aliphatic heterocycles. The van der Waals surface area contributed by atoms with Crippen molar-refractivity contribution in [3.05, 3.63) is 42.0 Å². The Morgan fingerprint density at radius 2 is 1.94 bits per heavy atom. The van der Waals surface area contributed by atoms with Gasteiger partial charge in [-0.1, -0.05) is 24.3 Å². The highest BCUT2D eigenvalue weighted by Gasteiger charge is 2.48. The number of allylic oxidation sites excluding steroid dienone is 1. The van der Waals surface area contributed by atoms with Crippen molar-refractivity contribution in [2.24, 2.45) is 0 Å². The topological polar surface area (TPSA) is 169 Å². The first-order valence-electron chi connectivity index (χ1n) is 10.3. The van der Waals surface area contributed by atoms with Crippen LogP contribution in [0.2, 0.25) is 0 Å². The minimum Gasteiger partial charge on any atom is -0.460 e. The normalized spacial score (nSPS) is 31.7. The molecule has 0 spiro atoms. The standard InChI is InChI=1S/C22H26O11/c1-12(24)31-19-18(27)17(26)15(10-23)33-20(19)32-14-7-3-2-6-13(14)11-30-21(28)22(29)9-5-4-8-16(22)25/h2-3,5-7,9,15,17-20,23,26-27,29H,4,8,10-11H2,1H3/t15-,17-,18+,19-,20-,22+/m1/s1. The van der Waals surface area contributed by atoms with Crippen LogP contribution in [0.4, 0.5) is 0 Å². The van der Waals surface area contributed by atoms with E-state index in [9.17, 15) is 34.8 Å². The van der Waals surface area contributed by atoms with Crippen LogP contribution in [0.3, 0.4) is 0 Å². The lowest BCUT2D eigenvalue weighted by Gasteiger charge is -2.41. The predicted octanol–water partition coefficient (Wildman–Crippen LogP) is -0.870. The summed E-state index contributed by atoms with van der Waals surface area (Å²) in [6.07, 6.45) is -4.11. The van der Waals surface area contributed by atoms with Gasteiger partial charge in [0.1, 0.15) is 30.7 Å². The molecule has 6 atom stereocenters. The number of Topliss-reactive ketones (excluding diaryl/α,β-unsaturated/α-hetero) is 1. The highest BCUT2D eigenvalue weighted by molar-refractivity contribution is 6.09. The maximum absolute atomic E-state index is 12.4. The lowest BCUT2D eigenvalue weighted by Crippen LogP contribution is -2.61. The zero-order chi connectivity index (χ0) is 24.2. The minimum absolute atomic E-state index is 0.0125. The molecule has 0 bridgehead atoms. The van der Waals surface area contributed by atoms with E-state index in [1.165, 1.54) is 12.1 Å². The number of carbonyl (C=O) groups is 3. The first-order chi connectivity index (χ1) is 15.7. The van der Waals surface area contributed by atoms with Crippen molar-refractivity contribution < 1.29 is 53.8 Å². The highest BCUT2D eigenvalue weighted by Crippen LogP contribution is 2.29. The fraction of sp³-hybridized carbons (Fsp3) is 0.500. The summed E-state index contributed by atoms with van der Waals surface area (Å²) in [6.45, 7) is 0.0929. The number of ketones is 1. The summed E-state index contributed by atoms with van der Waals surface area (Å²) in [6, 6.07) is 6.25. The first kappa shape index (κ1) is 24.8. The Morgan fingerprint density at radius 1 is 1.21 bits per heavy atom.